The minimum Gasteiger partial charge on any atom is -0.484 e. The van der Waals surface area contributed by atoms with Gasteiger partial charge in [-0.1, -0.05) is 44.0 Å². The van der Waals surface area contributed by atoms with E-state index in [0.29, 0.717) is 12.3 Å². The SMILES string of the molecule is O=C(COc1ccc(Br)cc1)NCc1ccc(Br)cc1. The van der Waals surface area contributed by atoms with Crippen molar-refractivity contribution >= 4 is 37.8 Å². The van der Waals surface area contributed by atoms with Gasteiger partial charge in [-0.05, 0) is 42.0 Å². The van der Waals surface area contributed by atoms with Crippen molar-refractivity contribution in [1.82, 2.24) is 5.32 Å². The Labute approximate surface area is 134 Å². The molecule has 1 N–H and O–H groups in total. The van der Waals surface area contributed by atoms with Crippen LogP contribution in [0.3, 0.4) is 0 Å². The zero-order valence-corrected chi connectivity index (χ0v) is 13.8. The fraction of sp³-hybridized carbons (Fsp3) is 0.133. The number of carbonyl (C=O) groups excluding carboxylic acids is 1. The number of carbonyl (C=O) groups is 1. The summed E-state index contributed by atoms with van der Waals surface area (Å²) < 4.78 is 7.39. The first kappa shape index (κ1) is 15.1. The molecule has 0 aliphatic carbocycles. The molecule has 20 heavy (non-hydrogen) atoms. The van der Waals surface area contributed by atoms with Gasteiger partial charge in [-0.25, -0.2) is 0 Å². The zero-order valence-electron chi connectivity index (χ0n) is 10.6. The van der Waals surface area contributed by atoms with Gasteiger partial charge in [0.25, 0.3) is 5.91 Å². The Bertz CT molecular complexity index is 516. The summed E-state index contributed by atoms with van der Waals surface area (Å²) in [5, 5.41) is 2.81. The summed E-state index contributed by atoms with van der Waals surface area (Å²) in [6.07, 6.45) is 0. The maximum Gasteiger partial charge on any atom is 0.258 e. The first-order valence-corrected chi connectivity index (χ1v) is 7.61. The first-order valence-electron chi connectivity index (χ1n) is 6.03. The Balaban J connectivity index is 1.75. The van der Waals surface area contributed by atoms with Gasteiger partial charge in [0, 0.05) is 15.5 Å². The summed E-state index contributed by atoms with van der Waals surface area (Å²) in [7, 11) is 0. The molecule has 2 aromatic carbocycles. The van der Waals surface area contributed by atoms with Gasteiger partial charge in [0.1, 0.15) is 5.75 Å². The van der Waals surface area contributed by atoms with Crippen LogP contribution in [-0.4, -0.2) is 12.5 Å². The van der Waals surface area contributed by atoms with Gasteiger partial charge < -0.3 is 10.1 Å². The largest absolute Gasteiger partial charge is 0.484 e. The number of rotatable bonds is 5. The summed E-state index contributed by atoms with van der Waals surface area (Å²) in [6, 6.07) is 15.2. The highest BCUT2D eigenvalue weighted by Gasteiger charge is 2.03. The van der Waals surface area contributed by atoms with Crippen LogP contribution in [-0.2, 0) is 11.3 Å². The smallest absolute Gasteiger partial charge is 0.258 e. The molecule has 0 atom stereocenters. The molecule has 1 amide bonds. The predicted octanol–water partition coefficient (Wildman–Crippen LogP) is 3.91. The number of amides is 1. The molecule has 104 valence electrons. The normalized spacial score (nSPS) is 10.1. The molecule has 0 bridgehead atoms. The van der Waals surface area contributed by atoms with Crippen LogP contribution >= 0.6 is 31.9 Å². The van der Waals surface area contributed by atoms with E-state index in [2.05, 4.69) is 37.2 Å². The minimum atomic E-state index is -0.143. The Morgan fingerprint density at radius 3 is 2.10 bits per heavy atom. The van der Waals surface area contributed by atoms with Crippen LogP contribution in [0.5, 0.6) is 5.75 Å². The third-order valence-electron chi connectivity index (χ3n) is 2.59. The molecule has 0 unspecified atom stereocenters. The standard InChI is InChI=1S/C15H13Br2NO2/c16-12-3-1-11(2-4-12)9-18-15(19)10-20-14-7-5-13(17)6-8-14/h1-8H,9-10H2,(H,18,19). The molecule has 0 heterocycles. The Hall–Kier alpha value is -1.33. The van der Waals surface area contributed by atoms with E-state index >= 15 is 0 Å². The predicted molar refractivity (Wildman–Crippen MR) is 85.6 cm³/mol. The van der Waals surface area contributed by atoms with Gasteiger partial charge in [-0.2, -0.15) is 0 Å². The first-order chi connectivity index (χ1) is 9.63. The van der Waals surface area contributed by atoms with Crippen LogP contribution in [0.4, 0.5) is 0 Å². The van der Waals surface area contributed by atoms with Crippen LogP contribution < -0.4 is 10.1 Å². The van der Waals surface area contributed by atoms with E-state index in [1.807, 2.05) is 48.5 Å². The van der Waals surface area contributed by atoms with E-state index in [1.165, 1.54) is 0 Å². The zero-order chi connectivity index (χ0) is 14.4. The molecule has 0 spiro atoms. The molecule has 0 saturated carbocycles. The van der Waals surface area contributed by atoms with Crippen molar-refractivity contribution < 1.29 is 9.53 Å². The number of ether oxygens (including phenoxy) is 1. The highest BCUT2D eigenvalue weighted by molar-refractivity contribution is 9.10. The second-order valence-corrected chi connectivity index (χ2v) is 5.98. The van der Waals surface area contributed by atoms with Gasteiger partial charge in [0.15, 0.2) is 6.61 Å². The van der Waals surface area contributed by atoms with Gasteiger partial charge in [-0.3, -0.25) is 4.79 Å². The summed E-state index contributed by atoms with van der Waals surface area (Å²) >= 11 is 6.71. The van der Waals surface area contributed by atoms with E-state index in [1.54, 1.807) is 0 Å². The summed E-state index contributed by atoms with van der Waals surface area (Å²) in [5.41, 5.74) is 1.05. The van der Waals surface area contributed by atoms with Crippen LogP contribution in [0.2, 0.25) is 0 Å². The second kappa shape index (κ2) is 7.45. The van der Waals surface area contributed by atoms with Crippen LogP contribution in [0.25, 0.3) is 0 Å². The molecule has 0 saturated heterocycles. The average Bonchev–Trinajstić information content (AvgIpc) is 2.46. The van der Waals surface area contributed by atoms with Crippen molar-refractivity contribution in [2.45, 2.75) is 6.54 Å². The summed E-state index contributed by atoms with van der Waals surface area (Å²) in [5.74, 6) is 0.530. The highest BCUT2D eigenvalue weighted by atomic mass is 79.9. The van der Waals surface area contributed by atoms with Crippen molar-refractivity contribution in [3.8, 4) is 5.75 Å². The number of hydrogen-bond donors (Lipinski definition) is 1. The minimum absolute atomic E-state index is 0.0121. The second-order valence-electron chi connectivity index (χ2n) is 4.15. The van der Waals surface area contributed by atoms with Crippen LogP contribution in [0.15, 0.2) is 57.5 Å². The Kier molecular flexibility index (Phi) is 5.61. The lowest BCUT2D eigenvalue weighted by molar-refractivity contribution is -0.123. The molecule has 2 rings (SSSR count). The number of nitrogens with one attached hydrogen (secondary N) is 1. The van der Waals surface area contributed by atoms with Crippen molar-refractivity contribution in [1.29, 1.82) is 0 Å². The van der Waals surface area contributed by atoms with Crippen molar-refractivity contribution in [3.05, 3.63) is 63.0 Å². The van der Waals surface area contributed by atoms with E-state index in [9.17, 15) is 4.79 Å². The molecule has 2 aromatic rings. The Morgan fingerprint density at radius 2 is 1.50 bits per heavy atom. The Morgan fingerprint density at radius 1 is 0.950 bits per heavy atom. The maximum absolute atomic E-state index is 11.7. The third-order valence-corrected chi connectivity index (χ3v) is 3.64. The van der Waals surface area contributed by atoms with Crippen molar-refractivity contribution in [3.63, 3.8) is 0 Å². The lowest BCUT2D eigenvalue weighted by Crippen LogP contribution is -2.28. The topological polar surface area (TPSA) is 38.3 Å². The number of hydrogen-bond acceptors (Lipinski definition) is 2. The lowest BCUT2D eigenvalue weighted by Gasteiger charge is -2.07. The van der Waals surface area contributed by atoms with Gasteiger partial charge >= 0.3 is 0 Å². The molecule has 0 aliphatic rings. The quantitative estimate of drug-likeness (QED) is 0.829. The average molecular weight is 399 g/mol. The molecule has 5 heteroatoms. The molecule has 0 fully saturated rings. The summed E-state index contributed by atoms with van der Waals surface area (Å²) in [4.78, 5) is 11.7. The third kappa shape index (κ3) is 4.98. The maximum atomic E-state index is 11.7. The number of benzene rings is 2. The van der Waals surface area contributed by atoms with Gasteiger partial charge in [0.05, 0.1) is 0 Å². The van der Waals surface area contributed by atoms with Crippen molar-refractivity contribution in [2.24, 2.45) is 0 Å². The molecular weight excluding hydrogens is 386 g/mol. The van der Waals surface area contributed by atoms with Crippen LogP contribution in [0, 0.1) is 0 Å². The summed E-state index contributed by atoms with van der Waals surface area (Å²) in [6.45, 7) is 0.508. The number of halogens is 2. The molecule has 0 radical (unpaired) electrons. The van der Waals surface area contributed by atoms with Gasteiger partial charge in [0.2, 0.25) is 0 Å². The monoisotopic (exact) mass is 397 g/mol. The molecular formula is C15H13Br2NO2. The molecule has 0 aromatic heterocycles. The van der Waals surface area contributed by atoms with Crippen molar-refractivity contribution in [2.75, 3.05) is 6.61 Å². The lowest BCUT2D eigenvalue weighted by atomic mass is 10.2. The fourth-order valence-corrected chi connectivity index (χ4v) is 2.06. The van der Waals surface area contributed by atoms with Crippen LogP contribution in [0.1, 0.15) is 5.56 Å². The van der Waals surface area contributed by atoms with E-state index in [4.69, 9.17) is 4.74 Å². The fourth-order valence-electron chi connectivity index (χ4n) is 1.53. The van der Waals surface area contributed by atoms with E-state index < -0.39 is 0 Å². The van der Waals surface area contributed by atoms with E-state index in [0.717, 1.165) is 14.5 Å². The highest BCUT2D eigenvalue weighted by Crippen LogP contribution is 2.15. The molecule has 0 aliphatic heterocycles. The molecule has 3 nitrogen and oxygen atoms in total. The van der Waals surface area contributed by atoms with E-state index in [-0.39, 0.29) is 12.5 Å². The van der Waals surface area contributed by atoms with Gasteiger partial charge in [-0.15, -0.1) is 0 Å².